The van der Waals surface area contributed by atoms with Gasteiger partial charge in [0.15, 0.2) is 0 Å². The third-order valence-corrected chi connectivity index (χ3v) is 4.40. The van der Waals surface area contributed by atoms with E-state index in [1.165, 1.54) is 44.9 Å². The van der Waals surface area contributed by atoms with Crippen LogP contribution in [-0.2, 0) is 4.79 Å². The summed E-state index contributed by atoms with van der Waals surface area (Å²) in [6.45, 7) is 0. The number of carbonyl (C=O) groups excluding carboxylic acids is 1. The molecule has 21 heavy (non-hydrogen) atoms. The lowest BCUT2D eigenvalue weighted by atomic mass is 9.93. The van der Waals surface area contributed by atoms with Crippen LogP contribution in [0, 0.1) is 5.92 Å². The zero-order chi connectivity index (χ0) is 14.8. The van der Waals surface area contributed by atoms with Crippen LogP contribution in [0.25, 0.3) is 0 Å². The molecular formula is C19H28O2. The Morgan fingerprint density at radius 1 is 0.762 bits per heavy atom. The lowest BCUT2D eigenvalue weighted by molar-refractivity contribution is -0.139. The Morgan fingerprint density at radius 2 is 1.24 bits per heavy atom. The molecule has 0 heterocycles. The monoisotopic (exact) mass is 288 g/mol. The van der Waals surface area contributed by atoms with Gasteiger partial charge in [0, 0.05) is 0 Å². The Hall–Kier alpha value is -1.31. The predicted octanol–water partition coefficient (Wildman–Crippen LogP) is 5.51. The summed E-state index contributed by atoms with van der Waals surface area (Å²) in [6.07, 6.45) is 13.6. The van der Waals surface area contributed by atoms with Crippen LogP contribution in [0.15, 0.2) is 30.3 Å². The van der Waals surface area contributed by atoms with Gasteiger partial charge in [0.25, 0.3) is 0 Å². The molecule has 2 rings (SSSR count). The van der Waals surface area contributed by atoms with Crippen molar-refractivity contribution < 1.29 is 9.53 Å². The number of rotatable bonds is 2. The second kappa shape index (κ2) is 9.59. The number of esters is 1. The number of carbonyl (C=O) groups is 1. The second-order valence-electron chi connectivity index (χ2n) is 6.19. The molecule has 0 atom stereocenters. The van der Waals surface area contributed by atoms with Gasteiger partial charge >= 0.3 is 5.97 Å². The van der Waals surface area contributed by atoms with E-state index in [0.29, 0.717) is 5.75 Å². The normalized spacial score (nSPS) is 19.2. The molecule has 0 aliphatic heterocycles. The van der Waals surface area contributed by atoms with Gasteiger partial charge < -0.3 is 4.74 Å². The minimum absolute atomic E-state index is 0.0294. The fourth-order valence-electron chi connectivity index (χ4n) is 3.09. The third-order valence-electron chi connectivity index (χ3n) is 4.40. The van der Waals surface area contributed by atoms with E-state index in [-0.39, 0.29) is 11.9 Å². The molecule has 1 aromatic carbocycles. The van der Waals surface area contributed by atoms with E-state index in [0.717, 1.165) is 25.7 Å². The van der Waals surface area contributed by atoms with Crippen LogP contribution in [0.1, 0.15) is 70.6 Å². The Balaban J connectivity index is 1.85. The molecule has 1 aliphatic carbocycles. The highest BCUT2D eigenvalue weighted by atomic mass is 16.5. The van der Waals surface area contributed by atoms with Gasteiger partial charge in [-0.15, -0.1) is 0 Å². The van der Waals surface area contributed by atoms with Crippen molar-refractivity contribution in [3.63, 3.8) is 0 Å². The van der Waals surface area contributed by atoms with E-state index in [2.05, 4.69) is 0 Å². The number of hydrogen-bond acceptors (Lipinski definition) is 2. The first kappa shape index (κ1) is 16.1. The molecule has 1 saturated carbocycles. The highest BCUT2D eigenvalue weighted by molar-refractivity contribution is 5.75. The molecule has 1 fully saturated rings. The van der Waals surface area contributed by atoms with Crippen LogP contribution in [0.4, 0.5) is 0 Å². The van der Waals surface area contributed by atoms with Crippen molar-refractivity contribution in [1.29, 1.82) is 0 Å². The van der Waals surface area contributed by atoms with Crippen LogP contribution in [0.3, 0.4) is 0 Å². The van der Waals surface area contributed by atoms with Crippen molar-refractivity contribution in [2.24, 2.45) is 5.92 Å². The molecule has 1 aliphatic rings. The van der Waals surface area contributed by atoms with E-state index >= 15 is 0 Å². The summed E-state index contributed by atoms with van der Waals surface area (Å²) < 4.78 is 5.54. The van der Waals surface area contributed by atoms with Crippen molar-refractivity contribution in [3.05, 3.63) is 30.3 Å². The topological polar surface area (TPSA) is 26.3 Å². The third kappa shape index (κ3) is 6.33. The zero-order valence-corrected chi connectivity index (χ0v) is 13.1. The van der Waals surface area contributed by atoms with Gasteiger partial charge in [0.2, 0.25) is 0 Å². The summed E-state index contributed by atoms with van der Waals surface area (Å²) in [5.74, 6) is 0.733. The van der Waals surface area contributed by atoms with Crippen LogP contribution in [0.2, 0.25) is 0 Å². The van der Waals surface area contributed by atoms with E-state index < -0.39 is 0 Å². The Bertz CT molecular complexity index is 387. The number of hydrogen-bond donors (Lipinski definition) is 0. The SMILES string of the molecule is O=C(Oc1ccccc1)C1CCCCCCCCCCC1. The van der Waals surface area contributed by atoms with Gasteiger partial charge in [-0.05, 0) is 25.0 Å². The number of ether oxygens (including phenoxy) is 1. The molecule has 2 nitrogen and oxygen atoms in total. The van der Waals surface area contributed by atoms with Crippen molar-refractivity contribution in [2.75, 3.05) is 0 Å². The molecule has 0 bridgehead atoms. The molecule has 0 saturated heterocycles. The maximum Gasteiger partial charge on any atom is 0.314 e. The predicted molar refractivity (Wildman–Crippen MR) is 86.4 cm³/mol. The molecule has 0 radical (unpaired) electrons. The minimum atomic E-state index is -0.0294. The lowest BCUT2D eigenvalue weighted by Crippen LogP contribution is -2.21. The van der Waals surface area contributed by atoms with Crippen LogP contribution in [0.5, 0.6) is 5.75 Å². The molecule has 0 amide bonds. The standard InChI is InChI=1S/C19H28O2/c20-19(21-18-15-11-8-12-16-18)17-13-9-6-4-2-1-3-5-7-10-14-17/h8,11-12,15-17H,1-7,9-10,13-14H2. The van der Waals surface area contributed by atoms with E-state index in [4.69, 9.17) is 4.74 Å². The quantitative estimate of drug-likeness (QED) is 0.529. The zero-order valence-electron chi connectivity index (χ0n) is 13.1. The van der Waals surface area contributed by atoms with Gasteiger partial charge in [-0.25, -0.2) is 0 Å². The largest absolute Gasteiger partial charge is 0.426 e. The Labute approximate surface area is 128 Å². The highest BCUT2D eigenvalue weighted by Crippen LogP contribution is 2.23. The fourth-order valence-corrected chi connectivity index (χ4v) is 3.09. The van der Waals surface area contributed by atoms with E-state index in [1.54, 1.807) is 0 Å². The molecule has 0 N–H and O–H groups in total. The summed E-state index contributed by atoms with van der Waals surface area (Å²) >= 11 is 0. The van der Waals surface area contributed by atoms with Gasteiger partial charge in [-0.2, -0.15) is 0 Å². The Morgan fingerprint density at radius 3 is 1.76 bits per heavy atom. The van der Waals surface area contributed by atoms with Crippen molar-refractivity contribution in [3.8, 4) is 5.75 Å². The van der Waals surface area contributed by atoms with Crippen LogP contribution < -0.4 is 4.74 Å². The first-order chi connectivity index (χ1) is 10.4. The number of para-hydroxylation sites is 1. The maximum atomic E-state index is 12.4. The lowest BCUT2D eigenvalue weighted by Gasteiger charge is -2.16. The van der Waals surface area contributed by atoms with E-state index in [1.807, 2.05) is 30.3 Å². The van der Waals surface area contributed by atoms with Gasteiger partial charge in [0.05, 0.1) is 5.92 Å². The molecule has 0 aromatic heterocycles. The summed E-state index contributed by atoms with van der Waals surface area (Å²) in [5, 5.41) is 0. The summed E-state index contributed by atoms with van der Waals surface area (Å²) in [6, 6.07) is 9.46. The summed E-state index contributed by atoms with van der Waals surface area (Å²) in [7, 11) is 0. The molecule has 116 valence electrons. The number of benzene rings is 1. The van der Waals surface area contributed by atoms with E-state index in [9.17, 15) is 4.79 Å². The molecule has 0 unspecified atom stereocenters. The highest BCUT2D eigenvalue weighted by Gasteiger charge is 2.20. The second-order valence-corrected chi connectivity index (χ2v) is 6.19. The minimum Gasteiger partial charge on any atom is -0.426 e. The van der Waals surface area contributed by atoms with Crippen LogP contribution in [-0.4, -0.2) is 5.97 Å². The van der Waals surface area contributed by atoms with Gasteiger partial charge in [-0.1, -0.05) is 76.0 Å². The van der Waals surface area contributed by atoms with Crippen molar-refractivity contribution in [2.45, 2.75) is 70.6 Å². The first-order valence-corrected chi connectivity index (χ1v) is 8.63. The smallest absolute Gasteiger partial charge is 0.314 e. The molecule has 2 heteroatoms. The summed E-state index contributed by atoms with van der Waals surface area (Å²) in [5.41, 5.74) is 0. The maximum absolute atomic E-state index is 12.4. The fraction of sp³-hybridized carbons (Fsp3) is 0.632. The summed E-state index contributed by atoms with van der Waals surface area (Å²) in [4.78, 5) is 12.4. The van der Waals surface area contributed by atoms with Crippen molar-refractivity contribution >= 4 is 5.97 Å². The molecule has 1 aromatic rings. The van der Waals surface area contributed by atoms with Gasteiger partial charge in [0.1, 0.15) is 5.75 Å². The Kier molecular flexibility index (Phi) is 7.34. The average molecular weight is 288 g/mol. The average Bonchev–Trinajstić information content (AvgIpc) is 2.49. The van der Waals surface area contributed by atoms with Gasteiger partial charge in [-0.3, -0.25) is 4.79 Å². The molecular weight excluding hydrogens is 260 g/mol. The molecule has 0 spiro atoms. The first-order valence-electron chi connectivity index (χ1n) is 8.63. The van der Waals surface area contributed by atoms with Crippen LogP contribution >= 0.6 is 0 Å². The van der Waals surface area contributed by atoms with Crippen molar-refractivity contribution in [1.82, 2.24) is 0 Å².